The molecule has 0 aliphatic rings. The summed E-state index contributed by atoms with van der Waals surface area (Å²) >= 11 is 9.40. The van der Waals surface area contributed by atoms with Crippen LogP contribution in [-0.2, 0) is 17.1 Å². The minimum absolute atomic E-state index is 0. The van der Waals surface area contributed by atoms with E-state index in [4.69, 9.17) is 12.2 Å². The van der Waals surface area contributed by atoms with Crippen molar-refractivity contribution < 1.29 is 17.1 Å². The molecule has 0 spiro atoms. The van der Waals surface area contributed by atoms with Gasteiger partial charge in [0.1, 0.15) is 4.32 Å². The Bertz CT molecular complexity index is 303. The van der Waals surface area contributed by atoms with Gasteiger partial charge in [-0.3, -0.25) is 0 Å². The normalized spacial score (nSPS) is 9.38. The molecule has 1 rings (SSSR count). The van der Waals surface area contributed by atoms with Crippen LogP contribution in [0.1, 0.15) is 26.2 Å². The largest absolute Gasteiger partial charge is 0.328 e. The molecule has 0 amide bonds. The second-order valence-corrected chi connectivity index (χ2v) is 4.59. The first-order valence-corrected chi connectivity index (χ1v) is 6.16. The fraction of sp³-hybridized carbons (Fsp3) is 0.417. The van der Waals surface area contributed by atoms with Gasteiger partial charge in [0.2, 0.25) is 0 Å². The van der Waals surface area contributed by atoms with E-state index >= 15 is 0 Å². The molecular weight excluding hydrogens is 286 g/mol. The van der Waals surface area contributed by atoms with Gasteiger partial charge >= 0.3 is 0 Å². The Kier molecular flexibility index (Phi) is 9.04. The number of hydrogen-bond acceptors (Lipinski definition) is 1. The number of rotatable bonds is 5. The molecule has 4 heteroatoms. The van der Waals surface area contributed by atoms with Crippen LogP contribution in [-0.4, -0.2) is 10.9 Å². The van der Waals surface area contributed by atoms with Crippen LogP contribution in [0.5, 0.6) is 0 Å². The fourth-order valence-corrected chi connectivity index (χ4v) is 1.88. The molecule has 0 saturated carbocycles. The van der Waals surface area contributed by atoms with E-state index in [0.717, 1.165) is 18.7 Å². The van der Waals surface area contributed by atoms with Crippen LogP contribution in [0, 0.1) is 0 Å². The smallest absolute Gasteiger partial charge is 0.137 e. The maximum Gasteiger partial charge on any atom is 0.137 e. The first-order valence-electron chi connectivity index (χ1n) is 5.31. The van der Waals surface area contributed by atoms with Crippen LogP contribution < -0.4 is 4.90 Å². The van der Waals surface area contributed by atoms with Gasteiger partial charge in [-0.1, -0.05) is 50.2 Å². The second-order valence-electron chi connectivity index (χ2n) is 3.48. The van der Waals surface area contributed by atoms with Crippen LogP contribution in [0.3, 0.4) is 0 Å². The van der Waals surface area contributed by atoms with Crippen LogP contribution in [0.25, 0.3) is 0 Å². The summed E-state index contributed by atoms with van der Waals surface area (Å²) < 4.78 is 0.650. The number of anilines is 1. The van der Waals surface area contributed by atoms with Crippen LogP contribution in [0.4, 0.5) is 5.69 Å². The van der Waals surface area contributed by atoms with Crippen molar-refractivity contribution in [2.75, 3.05) is 11.4 Å². The number of para-hydroxylation sites is 1. The van der Waals surface area contributed by atoms with Gasteiger partial charge in [0.15, 0.2) is 0 Å². The SMILES string of the molecule is CCCCCN(C(=S)S)c1ccccc1.[Cu]. The summed E-state index contributed by atoms with van der Waals surface area (Å²) in [6, 6.07) is 10.2. The summed E-state index contributed by atoms with van der Waals surface area (Å²) in [5, 5.41) is 0. The number of hydrogen-bond donors (Lipinski definition) is 1. The van der Waals surface area contributed by atoms with Crippen molar-refractivity contribution in [2.24, 2.45) is 0 Å². The van der Waals surface area contributed by atoms with Crippen molar-refractivity contribution >= 4 is 34.9 Å². The number of thiocarbonyl (C=S) groups is 1. The van der Waals surface area contributed by atoms with Crippen molar-refractivity contribution in [2.45, 2.75) is 26.2 Å². The predicted molar refractivity (Wildman–Crippen MR) is 74.9 cm³/mol. The number of benzene rings is 1. The van der Waals surface area contributed by atoms with Gasteiger partial charge in [-0.2, -0.15) is 0 Å². The van der Waals surface area contributed by atoms with Gasteiger partial charge in [0.25, 0.3) is 0 Å². The first kappa shape index (κ1) is 16.0. The van der Waals surface area contributed by atoms with Gasteiger partial charge in [-0.05, 0) is 18.6 Å². The minimum atomic E-state index is 0. The third-order valence-corrected chi connectivity index (χ3v) is 2.75. The van der Waals surface area contributed by atoms with Gasteiger partial charge in [-0.25, -0.2) is 0 Å². The molecule has 0 aliphatic carbocycles. The molecule has 0 saturated heterocycles. The summed E-state index contributed by atoms with van der Waals surface area (Å²) in [4.78, 5) is 2.08. The van der Waals surface area contributed by atoms with E-state index in [9.17, 15) is 0 Å². The van der Waals surface area contributed by atoms with Gasteiger partial charge in [-0.15, -0.1) is 12.6 Å². The molecule has 0 bridgehead atoms. The zero-order valence-electron chi connectivity index (χ0n) is 9.32. The molecule has 1 radical (unpaired) electrons. The third kappa shape index (κ3) is 5.35. The van der Waals surface area contributed by atoms with Crippen LogP contribution >= 0.6 is 24.8 Å². The number of thiol groups is 1. The molecule has 0 aliphatic heterocycles. The summed E-state index contributed by atoms with van der Waals surface area (Å²) in [6.45, 7) is 3.16. The third-order valence-electron chi connectivity index (χ3n) is 2.28. The topological polar surface area (TPSA) is 3.24 Å². The molecule has 1 aromatic carbocycles. The van der Waals surface area contributed by atoms with E-state index in [0.29, 0.717) is 4.32 Å². The van der Waals surface area contributed by atoms with Crippen molar-refractivity contribution in [1.82, 2.24) is 0 Å². The Hall–Kier alpha value is -0.0205. The molecule has 0 fully saturated rings. The first-order chi connectivity index (χ1) is 7.25. The van der Waals surface area contributed by atoms with Gasteiger partial charge < -0.3 is 4.90 Å². The molecule has 0 unspecified atom stereocenters. The Morgan fingerprint density at radius 2 is 1.88 bits per heavy atom. The summed E-state index contributed by atoms with van der Waals surface area (Å²) in [5.41, 5.74) is 1.13. The molecule has 93 valence electrons. The Labute approximate surface area is 119 Å². The van der Waals surface area contributed by atoms with Gasteiger partial charge in [0.05, 0.1) is 0 Å². The standard InChI is InChI=1S/C12H17NS2.Cu/c1-2-3-7-10-13(12(14)15)11-8-5-4-6-9-11;/h4-6,8-9H,2-3,7,10H2,1H3,(H,14,15);. The van der Waals surface area contributed by atoms with Gasteiger partial charge in [0, 0.05) is 29.3 Å². The van der Waals surface area contributed by atoms with E-state index in [1.54, 1.807) is 0 Å². The second kappa shape index (κ2) is 9.06. The molecule has 0 N–H and O–H groups in total. The molecular formula is C12H17CuNS2. The van der Waals surface area contributed by atoms with Crippen LogP contribution in [0.15, 0.2) is 30.3 Å². The molecule has 0 atom stereocenters. The number of unbranched alkanes of at least 4 members (excludes halogenated alkanes) is 2. The van der Waals surface area contributed by atoms with Crippen molar-refractivity contribution in [1.29, 1.82) is 0 Å². The minimum Gasteiger partial charge on any atom is -0.328 e. The zero-order chi connectivity index (χ0) is 11.1. The average molecular weight is 303 g/mol. The monoisotopic (exact) mass is 302 g/mol. The van der Waals surface area contributed by atoms with Crippen LogP contribution in [0.2, 0.25) is 0 Å². The van der Waals surface area contributed by atoms with Crippen molar-refractivity contribution in [3.8, 4) is 0 Å². The number of nitrogens with zero attached hydrogens (tertiary/aromatic N) is 1. The molecule has 1 nitrogen and oxygen atoms in total. The van der Waals surface area contributed by atoms with E-state index in [2.05, 4.69) is 36.6 Å². The average Bonchev–Trinajstić information content (AvgIpc) is 2.25. The van der Waals surface area contributed by atoms with Crippen molar-refractivity contribution in [3.63, 3.8) is 0 Å². The Morgan fingerprint density at radius 1 is 1.25 bits per heavy atom. The maximum absolute atomic E-state index is 5.14. The predicted octanol–water partition coefficient (Wildman–Crippen LogP) is 3.90. The van der Waals surface area contributed by atoms with Crippen molar-refractivity contribution in [3.05, 3.63) is 30.3 Å². The van der Waals surface area contributed by atoms with E-state index < -0.39 is 0 Å². The maximum atomic E-state index is 5.14. The Morgan fingerprint density at radius 3 is 2.38 bits per heavy atom. The summed E-state index contributed by atoms with van der Waals surface area (Å²) in [5.74, 6) is 0. The Balaban J connectivity index is 0.00000225. The fourth-order valence-electron chi connectivity index (χ4n) is 1.46. The summed E-state index contributed by atoms with van der Waals surface area (Å²) in [7, 11) is 0. The molecule has 16 heavy (non-hydrogen) atoms. The van der Waals surface area contributed by atoms with E-state index in [1.807, 2.05) is 18.2 Å². The zero-order valence-corrected chi connectivity index (χ0v) is 12.0. The molecule has 0 aromatic heterocycles. The molecule has 0 heterocycles. The quantitative estimate of drug-likeness (QED) is 0.380. The molecule has 1 aromatic rings. The van der Waals surface area contributed by atoms with E-state index in [-0.39, 0.29) is 17.1 Å². The summed E-state index contributed by atoms with van der Waals surface area (Å²) in [6.07, 6.45) is 3.62. The van der Waals surface area contributed by atoms with E-state index in [1.165, 1.54) is 12.8 Å².